The van der Waals surface area contributed by atoms with E-state index in [2.05, 4.69) is 15.9 Å². The molecule has 0 saturated carbocycles. The van der Waals surface area contributed by atoms with Gasteiger partial charge in [0, 0.05) is 10.0 Å². The summed E-state index contributed by atoms with van der Waals surface area (Å²) in [4.78, 5) is 11.9. The van der Waals surface area contributed by atoms with Gasteiger partial charge in [-0.1, -0.05) is 34.1 Å². The topological polar surface area (TPSA) is 26.3 Å². The van der Waals surface area contributed by atoms with Crippen molar-refractivity contribution in [2.45, 2.75) is 0 Å². The Morgan fingerprint density at radius 1 is 1.25 bits per heavy atom. The lowest BCUT2D eigenvalue weighted by Gasteiger charge is -2.02. The van der Waals surface area contributed by atoms with Gasteiger partial charge in [0.25, 0.3) is 0 Å². The Morgan fingerprint density at radius 2 is 2.05 bits per heavy atom. The van der Waals surface area contributed by atoms with Crippen LogP contribution in [-0.2, 0) is 0 Å². The lowest BCUT2D eigenvalue weighted by atomic mass is 10.1. The zero-order valence-corrected chi connectivity index (χ0v) is 12.4. The summed E-state index contributed by atoms with van der Waals surface area (Å²) in [6.07, 6.45) is 3.11. The SMILES string of the molecule is COc1ccc(C(=O)C=Cc2cccc(Br)c2)cc1F. The summed E-state index contributed by atoms with van der Waals surface area (Å²) in [7, 11) is 1.38. The molecule has 0 aliphatic carbocycles. The Kier molecular flexibility index (Phi) is 4.69. The molecule has 20 heavy (non-hydrogen) atoms. The summed E-state index contributed by atoms with van der Waals surface area (Å²) in [5.74, 6) is -0.682. The van der Waals surface area contributed by atoms with E-state index >= 15 is 0 Å². The second kappa shape index (κ2) is 6.48. The Hall–Kier alpha value is -1.94. The van der Waals surface area contributed by atoms with Crippen molar-refractivity contribution < 1.29 is 13.9 Å². The first kappa shape index (κ1) is 14.5. The van der Waals surface area contributed by atoms with Crippen LogP contribution in [0.5, 0.6) is 5.75 Å². The number of benzene rings is 2. The molecule has 0 atom stereocenters. The number of halogens is 2. The number of ether oxygens (including phenoxy) is 1. The van der Waals surface area contributed by atoms with Crippen molar-refractivity contribution in [2.75, 3.05) is 7.11 Å². The van der Waals surface area contributed by atoms with Crippen molar-refractivity contribution in [3.8, 4) is 5.75 Å². The minimum absolute atomic E-state index is 0.123. The van der Waals surface area contributed by atoms with Gasteiger partial charge in [0.1, 0.15) is 0 Å². The first-order chi connectivity index (χ1) is 9.60. The van der Waals surface area contributed by atoms with Crippen LogP contribution in [0.4, 0.5) is 4.39 Å². The van der Waals surface area contributed by atoms with Crippen LogP contribution in [0.25, 0.3) is 6.08 Å². The molecule has 0 radical (unpaired) electrons. The highest BCUT2D eigenvalue weighted by Crippen LogP contribution is 2.18. The molecule has 0 aliphatic rings. The fourth-order valence-corrected chi connectivity index (χ4v) is 2.11. The molecule has 0 aromatic heterocycles. The Labute approximate surface area is 125 Å². The normalized spacial score (nSPS) is 10.8. The van der Waals surface area contributed by atoms with Gasteiger partial charge in [0.15, 0.2) is 17.3 Å². The average Bonchev–Trinajstić information content (AvgIpc) is 2.44. The second-order valence-electron chi connectivity index (χ2n) is 4.10. The molecule has 0 spiro atoms. The fourth-order valence-electron chi connectivity index (χ4n) is 1.70. The maximum absolute atomic E-state index is 13.5. The number of ketones is 1. The van der Waals surface area contributed by atoms with E-state index in [1.807, 2.05) is 24.3 Å². The quantitative estimate of drug-likeness (QED) is 0.608. The van der Waals surface area contributed by atoms with Gasteiger partial charge in [-0.3, -0.25) is 4.79 Å². The van der Waals surface area contributed by atoms with Crippen LogP contribution in [0.3, 0.4) is 0 Å². The van der Waals surface area contributed by atoms with E-state index < -0.39 is 5.82 Å². The highest BCUT2D eigenvalue weighted by Gasteiger charge is 2.07. The Bertz CT molecular complexity index is 665. The largest absolute Gasteiger partial charge is 0.494 e. The predicted octanol–water partition coefficient (Wildman–Crippen LogP) is 4.49. The van der Waals surface area contributed by atoms with E-state index in [0.717, 1.165) is 10.0 Å². The molecule has 102 valence electrons. The predicted molar refractivity (Wildman–Crippen MR) is 80.5 cm³/mol. The van der Waals surface area contributed by atoms with E-state index in [1.54, 1.807) is 6.08 Å². The fraction of sp³-hybridized carbons (Fsp3) is 0.0625. The third-order valence-corrected chi connectivity index (χ3v) is 3.21. The smallest absolute Gasteiger partial charge is 0.185 e. The first-order valence-electron chi connectivity index (χ1n) is 5.91. The van der Waals surface area contributed by atoms with E-state index in [0.29, 0.717) is 0 Å². The highest BCUT2D eigenvalue weighted by molar-refractivity contribution is 9.10. The molecule has 2 rings (SSSR count). The van der Waals surface area contributed by atoms with Crippen molar-refractivity contribution >= 4 is 27.8 Å². The monoisotopic (exact) mass is 334 g/mol. The van der Waals surface area contributed by atoms with Gasteiger partial charge in [-0.15, -0.1) is 0 Å². The molecule has 0 fully saturated rings. The molecular weight excluding hydrogens is 323 g/mol. The molecule has 0 aliphatic heterocycles. The minimum atomic E-state index is -0.547. The van der Waals surface area contributed by atoms with Crippen LogP contribution in [0, 0.1) is 5.82 Å². The molecule has 0 unspecified atom stereocenters. The van der Waals surface area contributed by atoms with Gasteiger partial charge in [-0.25, -0.2) is 4.39 Å². The van der Waals surface area contributed by atoms with Crippen LogP contribution >= 0.6 is 15.9 Å². The number of hydrogen-bond acceptors (Lipinski definition) is 2. The van der Waals surface area contributed by atoms with E-state index in [9.17, 15) is 9.18 Å². The van der Waals surface area contributed by atoms with Gasteiger partial charge in [0.2, 0.25) is 0 Å². The van der Waals surface area contributed by atoms with Crippen molar-refractivity contribution in [1.82, 2.24) is 0 Å². The van der Waals surface area contributed by atoms with Crippen molar-refractivity contribution in [1.29, 1.82) is 0 Å². The standard InChI is InChI=1S/C16H12BrFO2/c1-20-16-8-6-12(10-14(16)18)15(19)7-5-11-3-2-4-13(17)9-11/h2-10H,1H3. The van der Waals surface area contributed by atoms with Crippen LogP contribution in [-0.4, -0.2) is 12.9 Å². The van der Waals surface area contributed by atoms with Gasteiger partial charge < -0.3 is 4.74 Å². The maximum Gasteiger partial charge on any atom is 0.185 e. The van der Waals surface area contributed by atoms with Gasteiger partial charge >= 0.3 is 0 Å². The average molecular weight is 335 g/mol. The van der Waals surface area contributed by atoms with E-state index in [-0.39, 0.29) is 17.1 Å². The van der Waals surface area contributed by atoms with Gasteiger partial charge in [-0.05, 0) is 42.0 Å². The Balaban J connectivity index is 2.18. The molecule has 2 nitrogen and oxygen atoms in total. The molecule has 4 heteroatoms. The maximum atomic E-state index is 13.5. The second-order valence-corrected chi connectivity index (χ2v) is 5.02. The number of allylic oxidation sites excluding steroid dienone is 1. The molecule has 2 aromatic carbocycles. The first-order valence-corrected chi connectivity index (χ1v) is 6.71. The number of rotatable bonds is 4. The highest BCUT2D eigenvalue weighted by atomic mass is 79.9. The molecule has 2 aromatic rings. The molecule has 0 amide bonds. The number of carbonyl (C=O) groups is 1. The molecule has 0 N–H and O–H groups in total. The number of carbonyl (C=O) groups excluding carboxylic acids is 1. The molecule has 0 heterocycles. The van der Waals surface area contributed by atoms with Crippen molar-refractivity contribution in [3.05, 3.63) is 70.0 Å². The zero-order chi connectivity index (χ0) is 14.5. The summed E-state index contributed by atoms with van der Waals surface area (Å²) >= 11 is 3.36. The summed E-state index contributed by atoms with van der Waals surface area (Å²) in [6.45, 7) is 0. The van der Waals surface area contributed by atoms with Crippen LogP contribution < -0.4 is 4.74 Å². The zero-order valence-electron chi connectivity index (χ0n) is 10.8. The van der Waals surface area contributed by atoms with Crippen LogP contribution in [0.15, 0.2) is 53.0 Å². The third-order valence-electron chi connectivity index (χ3n) is 2.71. The molecule has 0 bridgehead atoms. The Morgan fingerprint density at radius 3 is 2.70 bits per heavy atom. The summed E-state index contributed by atoms with van der Waals surface area (Å²) in [5.41, 5.74) is 1.18. The summed E-state index contributed by atoms with van der Waals surface area (Å²) in [6, 6.07) is 11.7. The third kappa shape index (κ3) is 3.54. The van der Waals surface area contributed by atoms with Crippen LogP contribution in [0.1, 0.15) is 15.9 Å². The van der Waals surface area contributed by atoms with Gasteiger partial charge in [-0.2, -0.15) is 0 Å². The molecular formula is C16H12BrFO2. The van der Waals surface area contributed by atoms with E-state index in [1.165, 1.54) is 31.4 Å². The summed E-state index contributed by atoms with van der Waals surface area (Å²) in [5, 5.41) is 0. The number of hydrogen-bond donors (Lipinski definition) is 0. The number of methoxy groups -OCH3 is 1. The van der Waals surface area contributed by atoms with E-state index in [4.69, 9.17) is 4.74 Å². The van der Waals surface area contributed by atoms with Crippen molar-refractivity contribution in [2.24, 2.45) is 0 Å². The van der Waals surface area contributed by atoms with Crippen molar-refractivity contribution in [3.63, 3.8) is 0 Å². The lowest BCUT2D eigenvalue weighted by molar-refractivity contribution is 0.104. The lowest BCUT2D eigenvalue weighted by Crippen LogP contribution is -1.97. The van der Waals surface area contributed by atoms with Gasteiger partial charge in [0.05, 0.1) is 7.11 Å². The van der Waals surface area contributed by atoms with Crippen LogP contribution in [0.2, 0.25) is 0 Å². The molecule has 0 saturated heterocycles. The minimum Gasteiger partial charge on any atom is -0.494 e. The summed E-state index contributed by atoms with van der Waals surface area (Å²) < 4.78 is 19.3.